The van der Waals surface area contributed by atoms with Gasteiger partial charge < -0.3 is 10.3 Å². The third-order valence-electron chi connectivity index (χ3n) is 2.94. The van der Waals surface area contributed by atoms with Gasteiger partial charge in [-0.15, -0.1) is 0 Å². The summed E-state index contributed by atoms with van der Waals surface area (Å²) >= 11 is 12.0. The SMILES string of the molecule is Clc1ccc(NCc2c[nH]c3ncccc23)c(Cl)c1. The molecule has 3 aromatic rings. The molecule has 0 fully saturated rings. The van der Waals surface area contributed by atoms with Crippen LogP contribution in [0.15, 0.2) is 42.7 Å². The summed E-state index contributed by atoms with van der Waals surface area (Å²) in [6, 6.07) is 9.38. The van der Waals surface area contributed by atoms with E-state index in [1.165, 1.54) is 0 Å². The molecule has 0 atom stereocenters. The van der Waals surface area contributed by atoms with Crippen LogP contribution in [0.5, 0.6) is 0 Å². The van der Waals surface area contributed by atoms with Gasteiger partial charge >= 0.3 is 0 Å². The average Bonchev–Trinajstić information content (AvgIpc) is 2.81. The maximum Gasteiger partial charge on any atom is 0.137 e. The maximum absolute atomic E-state index is 6.12. The van der Waals surface area contributed by atoms with Gasteiger partial charge in [-0.05, 0) is 35.9 Å². The standard InChI is InChI=1S/C14H11Cl2N3/c15-10-3-4-13(12(16)6-10)18-7-9-8-19-14-11(9)2-1-5-17-14/h1-6,8,18H,7H2,(H,17,19). The van der Waals surface area contributed by atoms with Crippen molar-refractivity contribution in [3.8, 4) is 0 Å². The number of H-pyrrole nitrogens is 1. The number of benzene rings is 1. The Bertz CT molecular complexity index is 722. The molecule has 0 aliphatic rings. The largest absolute Gasteiger partial charge is 0.380 e. The van der Waals surface area contributed by atoms with E-state index in [1.807, 2.05) is 30.5 Å². The number of hydrogen-bond donors (Lipinski definition) is 2. The van der Waals surface area contributed by atoms with Crippen LogP contribution in [0.1, 0.15) is 5.56 Å². The summed E-state index contributed by atoms with van der Waals surface area (Å²) in [6.07, 6.45) is 3.72. The first-order valence-corrected chi connectivity index (χ1v) is 6.59. The highest BCUT2D eigenvalue weighted by Gasteiger charge is 2.05. The van der Waals surface area contributed by atoms with Crippen LogP contribution in [0.3, 0.4) is 0 Å². The summed E-state index contributed by atoms with van der Waals surface area (Å²) in [5.74, 6) is 0. The lowest BCUT2D eigenvalue weighted by Gasteiger charge is -2.07. The number of aromatic nitrogens is 2. The zero-order chi connectivity index (χ0) is 13.2. The molecule has 0 spiro atoms. The molecule has 0 radical (unpaired) electrons. The second kappa shape index (κ2) is 5.11. The summed E-state index contributed by atoms with van der Waals surface area (Å²) in [5, 5.41) is 5.66. The van der Waals surface area contributed by atoms with Crippen molar-refractivity contribution in [1.82, 2.24) is 9.97 Å². The minimum Gasteiger partial charge on any atom is -0.380 e. The van der Waals surface area contributed by atoms with Crippen molar-refractivity contribution in [3.63, 3.8) is 0 Å². The predicted octanol–water partition coefficient (Wildman–Crippen LogP) is 4.48. The summed E-state index contributed by atoms with van der Waals surface area (Å²) in [7, 11) is 0. The van der Waals surface area contributed by atoms with Crippen molar-refractivity contribution >= 4 is 39.9 Å². The lowest BCUT2D eigenvalue weighted by atomic mass is 10.2. The van der Waals surface area contributed by atoms with Gasteiger partial charge in [-0.3, -0.25) is 0 Å². The molecule has 96 valence electrons. The molecule has 2 N–H and O–H groups in total. The highest BCUT2D eigenvalue weighted by molar-refractivity contribution is 6.36. The van der Waals surface area contributed by atoms with Gasteiger partial charge in [0.05, 0.1) is 10.7 Å². The van der Waals surface area contributed by atoms with Crippen LogP contribution < -0.4 is 5.32 Å². The highest BCUT2D eigenvalue weighted by Crippen LogP contribution is 2.26. The van der Waals surface area contributed by atoms with E-state index in [0.29, 0.717) is 16.6 Å². The van der Waals surface area contributed by atoms with Gasteiger partial charge in [-0.1, -0.05) is 23.2 Å². The van der Waals surface area contributed by atoms with Crippen molar-refractivity contribution in [2.75, 3.05) is 5.32 Å². The van der Waals surface area contributed by atoms with Crippen LogP contribution in [0.4, 0.5) is 5.69 Å². The first-order chi connectivity index (χ1) is 9.24. The second-order valence-electron chi connectivity index (χ2n) is 4.19. The lowest BCUT2D eigenvalue weighted by Crippen LogP contribution is -1.99. The Balaban J connectivity index is 1.82. The zero-order valence-corrected chi connectivity index (χ0v) is 11.5. The predicted molar refractivity (Wildman–Crippen MR) is 79.9 cm³/mol. The number of nitrogens with one attached hydrogen (secondary N) is 2. The van der Waals surface area contributed by atoms with E-state index in [0.717, 1.165) is 22.3 Å². The molecule has 0 aliphatic carbocycles. The average molecular weight is 292 g/mol. The summed E-state index contributed by atoms with van der Waals surface area (Å²) in [4.78, 5) is 7.40. The van der Waals surface area contributed by atoms with Crippen molar-refractivity contribution in [2.45, 2.75) is 6.54 Å². The van der Waals surface area contributed by atoms with Crippen LogP contribution in [-0.2, 0) is 6.54 Å². The summed E-state index contributed by atoms with van der Waals surface area (Å²) in [5.41, 5.74) is 2.90. The van der Waals surface area contributed by atoms with E-state index >= 15 is 0 Å². The lowest BCUT2D eigenvalue weighted by molar-refractivity contribution is 1.16. The summed E-state index contributed by atoms with van der Waals surface area (Å²) in [6.45, 7) is 0.674. The van der Waals surface area contributed by atoms with E-state index in [4.69, 9.17) is 23.2 Å². The highest BCUT2D eigenvalue weighted by atomic mass is 35.5. The Kier molecular flexibility index (Phi) is 3.32. The molecule has 0 amide bonds. The Hall–Kier alpha value is -1.71. The number of aromatic amines is 1. The van der Waals surface area contributed by atoms with Crippen LogP contribution in [-0.4, -0.2) is 9.97 Å². The number of rotatable bonds is 3. The van der Waals surface area contributed by atoms with E-state index < -0.39 is 0 Å². The van der Waals surface area contributed by atoms with Crippen molar-refractivity contribution in [1.29, 1.82) is 0 Å². The number of halogens is 2. The molecule has 19 heavy (non-hydrogen) atoms. The van der Waals surface area contributed by atoms with Crippen molar-refractivity contribution < 1.29 is 0 Å². The van der Waals surface area contributed by atoms with Gasteiger partial charge in [-0.25, -0.2) is 4.98 Å². The van der Waals surface area contributed by atoms with Gasteiger partial charge in [0, 0.05) is 29.3 Å². The minimum atomic E-state index is 0.616. The molecule has 0 saturated heterocycles. The molecule has 1 aromatic carbocycles. The molecule has 0 aliphatic heterocycles. The van der Waals surface area contributed by atoms with Gasteiger partial charge in [0.1, 0.15) is 5.65 Å². The molecule has 2 aromatic heterocycles. The minimum absolute atomic E-state index is 0.616. The van der Waals surface area contributed by atoms with Gasteiger partial charge in [0.2, 0.25) is 0 Å². The molecular formula is C14H11Cl2N3. The molecule has 3 nitrogen and oxygen atoms in total. The van der Waals surface area contributed by atoms with Crippen LogP contribution in [0, 0.1) is 0 Å². The number of nitrogens with zero attached hydrogens (tertiary/aromatic N) is 1. The van der Waals surface area contributed by atoms with Crippen molar-refractivity contribution in [3.05, 3.63) is 58.3 Å². The zero-order valence-electron chi connectivity index (χ0n) is 9.95. The van der Waals surface area contributed by atoms with Crippen LogP contribution in [0.2, 0.25) is 10.0 Å². The normalized spacial score (nSPS) is 10.8. The van der Waals surface area contributed by atoms with Crippen LogP contribution in [0.25, 0.3) is 11.0 Å². The van der Waals surface area contributed by atoms with E-state index in [2.05, 4.69) is 15.3 Å². The van der Waals surface area contributed by atoms with E-state index in [-0.39, 0.29) is 0 Å². The second-order valence-corrected chi connectivity index (χ2v) is 5.03. The van der Waals surface area contributed by atoms with E-state index in [1.54, 1.807) is 12.3 Å². The fraction of sp³-hybridized carbons (Fsp3) is 0.0714. The topological polar surface area (TPSA) is 40.7 Å². The third kappa shape index (κ3) is 2.53. The number of fused-ring (bicyclic) bond motifs is 1. The Morgan fingerprint density at radius 3 is 2.95 bits per heavy atom. The molecule has 0 unspecified atom stereocenters. The van der Waals surface area contributed by atoms with Crippen molar-refractivity contribution in [2.24, 2.45) is 0 Å². The monoisotopic (exact) mass is 291 g/mol. The number of anilines is 1. The summed E-state index contributed by atoms with van der Waals surface area (Å²) < 4.78 is 0. The molecule has 0 saturated carbocycles. The molecule has 5 heteroatoms. The van der Waals surface area contributed by atoms with E-state index in [9.17, 15) is 0 Å². The van der Waals surface area contributed by atoms with Gasteiger partial charge in [-0.2, -0.15) is 0 Å². The Morgan fingerprint density at radius 1 is 1.21 bits per heavy atom. The number of hydrogen-bond acceptors (Lipinski definition) is 2. The molecule has 2 heterocycles. The van der Waals surface area contributed by atoms with Gasteiger partial charge in [0.15, 0.2) is 0 Å². The molecular weight excluding hydrogens is 281 g/mol. The fourth-order valence-electron chi connectivity index (χ4n) is 1.98. The third-order valence-corrected chi connectivity index (χ3v) is 3.49. The Labute approximate surface area is 120 Å². The maximum atomic E-state index is 6.12. The molecule has 0 bridgehead atoms. The first kappa shape index (κ1) is 12.3. The molecule has 3 rings (SSSR count). The van der Waals surface area contributed by atoms with Crippen LogP contribution >= 0.6 is 23.2 Å². The fourth-order valence-corrected chi connectivity index (χ4v) is 2.46. The first-order valence-electron chi connectivity index (χ1n) is 5.84. The number of pyridine rings is 1. The Morgan fingerprint density at radius 2 is 2.11 bits per heavy atom. The van der Waals surface area contributed by atoms with Gasteiger partial charge in [0.25, 0.3) is 0 Å². The quantitative estimate of drug-likeness (QED) is 0.747. The smallest absolute Gasteiger partial charge is 0.137 e.